The zero-order chi connectivity index (χ0) is 26.1. The summed E-state index contributed by atoms with van der Waals surface area (Å²) >= 11 is 0. The number of hydrogen-bond donors (Lipinski definition) is 4. The molecule has 13 nitrogen and oxygen atoms in total. The van der Waals surface area contributed by atoms with Gasteiger partial charge >= 0.3 is 11.4 Å². The Bertz CT molecular complexity index is 1450. The van der Waals surface area contributed by atoms with Gasteiger partial charge in [-0.25, -0.2) is 0 Å². The lowest BCUT2D eigenvalue weighted by Gasteiger charge is -2.08. The average Bonchev–Trinajstić information content (AvgIpc) is 2.86. The minimum absolute atomic E-state index is 0.0777. The molecule has 13 heteroatoms. The molecule has 0 saturated heterocycles. The number of aromatic nitrogens is 2. The van der Waals surface area contributed by atoms with Crippen LogP contribution in [0.3, 0.4) is 0 Å². The van der Waals surface area contributed by atoms with Crippen LogP contribution in [-0.4, -0.2) is 46.0 Å². The molecule has 180 valence electrons. The van der Waals surface area contributed by atoms with Crippen molar-refractivity contribution in [1.29, 1.82) is 0 Å². The third-order valence-electron chi connectivity index (χ3n) is 5.17. The summed E-state index contributed by atoms with van der Waals surface area (Å²) < 4.78 is 0. The highest BCUT2D eigenvalue weighted by atomic mass is 16.6. The number of pyridine rings is 2. The van der Waals surface area contributed by atoms with E-state index < -0.39 is 50.0 Å². The minimum atomic E-state index is -0.902. The van der Waals surface area contributed by atoms with E-state index in [2.05, 4.69) is 9.97 Å². The summed E-state index contributed by atoms with van der Waals surface area (Å²) in [7, 11) is 0. The molecule has 0 saturated carbocycles. The Labute approximate surface area is 200 Å². The van der Waals surface area contributed by atoms with Crippen LogP contribution in [0, 0.1) is 20.2 Å². The summed E-state index contributed by atoms with van der Waals surface area (Å²) in [5.41, 5.74) is -0.885. The molecular formula is C23H14N4O9. The zero-order valence-corrected chi connectivity index (χ0v) is 17.9. The van der Waals surface area contributed by atoms with Crippen LogP contribution >= 0.6 is 0 Å². The molecule has 0 aliphatic heterocycles. The van der Waals surface area contributed by atoms with Gasteiger partial charge in [-0.05, 0) is 36.4 Å². The van der Waals surface area contributed by atoms with Crippen molar-refractivity contribution in [3.63, 3.8) is 0 Å². The number of nitro groups is 2. The number of phenolic OH excluding ortho intramolecular Hbond substituents is 4. The monoisotopic (exact) mass is 490 g/mol. The second-order valence-corrected chi connectivity index (χ2v) is 7.43. The number of carbonyl (C=O) groups excluding carboxylic acids is 1. The van der Waals surface area contributed by atoms with Crippen molar-refractivity contribution in [2.75, 3.05) is 0 Å². The topological polar surface area (TPSA) is 210 Å². The van der Waals surface area contributed by atoms with Crippen molar-refractivity contribution in [2.24, 2.45) is 0 Å². The maximum atomic E-state index is 13.2. The predicted octanol–water partition coefficient (Wildman–Crippen LogP) is 3.68. The lowest BCUT2D eigenvalue weighted by atomic mass is 10.00. The number of carbonyl (C=O) groups is 1. The predicted molar refractivity (Wildman–Crippen MR) is 123 cm³/mol. The number of hydrogen-bond acceptors (Lipinski definition) is 11. The Kier molecular flexibility index (Phi) is 5.88. The fraction of sp³-hybridized carbons (Fsp3) is 0. The van der Waals surface area contributed by atoms with Crippen molar-refractivity contribution in [3.05, 3.63) is 92.3 Å². The van der Waals surface area contributed by atoms with Gasteiger partial charge < -0.3 is 20.4 Å². The van der Waals surface area contributed by atoms with E-state index in [4.69, 9.17) is 0 Å². The average molecular weight is 490 g/mol. The first-order valence-corrected chi connectivity index (χ1v) is 9.95. The molecule has 4 rings (SSSR count). The van der Waals surface area contributed by atoms with Crippen molar-refractivity contribution in [1.82, 2.24) is 9.97 Å². The Morgan fingerprint density at radius 1 is 0.667 bits per heavy atom. The largest absolute Gasteiger partial charge is 0.504 e. The molecule has 0 spiro atoms. The third kappa shape index (κ3) is 4.31. The maximum Gasteiger partial charge on any atom is 0.315 e. The molecule has 0 fully saturated rings. The van der Waals surface area contributed by atoms with Gasteiger partial charge in [0.25, 0.3) is 0 Å². The number of nitro benzene ring substituents is 2. The SMILES string of the molecule is O=C(c1ccnc(-c2cc(O)c(O)c([N+](=O)[O-])c2)c1)c1ccnc(-c2cc(O)c(O)c([N+](=O)[O-])c2)c1. The van der Waals surface area contributed by atoms with E-state index in [1.54, 1.807) is 0 Å². The van der Waals surface area contributed by atoms with E-state index in [-0.39, 0.29) is 33.6 Å². The normalized spacial score (nSPS) is 10.7. The molecule has 4 N–H and O–H groups in total. The van der Waals surface area contributed by atoms with Gasteiger partial charge in [0.1, 0.15) is 0 Å². The van der Waals surface area contributed by atoms with Crippen LogP contribution in [0.15, 0.2) is 60.9 Å². The second-order valence-electron chi connectivity index (χ2n) is 7.43. The van der Waals surface area contributed by atoms with Crippen LogP contribution in [0.1, 0.15) is 15.9 Å². The first-order valence-electron chi connectivity index (χ1n) is 9.95. The lowest BCUT2D eigenvalue weighted by molar-refractivity contribution is -0.386. The Balaban J connectivity index is 1.73. The summed E-state index contributed by atoms with van der Waals surface area (Å²) in [6, 6.07) is 9.56. The number of rotatable bonds is 6. The molecule has 0 radical (unpaired) electrons. The molecule has 0 aliphatic carbocycles. The van der Waals surface area contributed by atoms with Gasteiger partial charge in [0.2, 0.25) is 11.5 Å². The molecule has 0 bridgehead atoms. The highest BCUT2D eigenvalue weighted by Gasteiger charge is 2.22. The Morgan fingerprint density at radius 3 is 1.42 bits per heavy atom. The quantitative estimate of drug-likeness (QED) is 0.132. The van der Waals surface area contributed by atoms with Crippen molar-refractivity contribution >= 4 is 17.2 Å². The van der Waals surface area contributed by atoms with E-state index in [0.29, 0.717) is 0 Å². The maximum absolute atomic E-state index is 13.2. The van der Waals surface area contributed by atoms with E-state index in [0.717, 1.165) is 24.3 Å². The summed E-state index contributed by atoms with van der Waals surface area (Å²) in [6.07, 6.45) is 2.56. The van der Waals surface area contributed by atoms with Crippen LogP contribution < -0.4 is 0 Å². The molecule has 2 aromatic heterocycles. The Morgan fingerprint density at radius 2 is 1.06 bits per heavy atom. The fourth-order valence-corrected chi connectivity index (χ4v) is 3.41. The van der Waals surface area contributed by atoms with Crippen molar-refractivity contribution in [2.45, 2.75) is 0 Å². The molecule has 0 aliphatic rings. The number of ketones is 1. The van der Waals surface area contributed by atoms with Gasteiger partial charge in [0, 0.05) is 46.8 Å². The van der Waals surface area contributed by atoms with Crippen LogP contribution in [0.4, 0.5) is 11.4 Å². The summed E-state index contributed by atoms with van der Waals surface area (Å²) in [4.78, 5) is 41.8. The number of phenols is 4. The lowest BCUT2D eigenvalue weighted by Crippen LogP contribution is -2.03. The molecule has 36 heavy (non-hydrogen) atoms. The molecule has 0 amide bonds. The van der Waals surface area contributed by atoms with Crippen LogP contribution in [0.2, 0.25) is 0 Å². The summed E-state index contributed by atoms with van der Waals surface area (Å²) in [5.74, 6) is -3.79. The number of aromatic hydroxyl groups is 4. The zero-order valence-electron chi connectivity index (χ0n) is 17.9. The summed E-state index contributed by atoms with van der Waals surface area (Å²) in [6.45, 7) is 0. The van der Waals surface area contributed by atoms with Gasteiger partial charge in [-0.15, -0.1) is 0 Å². The first-order chi connectivity index (χ1) is 17.1. The van der Waals surface area contributed by atoms with Crippen LogP contribution in [0.5, 0.6) is 23.0 Å². The molecule has 2 aromatic carbocycles. The smallest absolute Gasteiger partial charge is 0.315 e. The summed E-state index contributed by atoms with van der Waals surface area (Å²) in [5, 5.41) is 61.4. The van der Waals surface area contributed by atoms with E-state index in [1.165, 1.54) is 36.7 Å². The number of benzene rings is 2. The van der Waals surface area contributed by atoms with Crippen LogP contribution in [-0.2, 0) is 0 Å². The van der Waals surface area contributed by atoms with Gasteiger partial charge in [-0.2, -0.15) is 0 Å². The first kappa shape index (κ1) is 23.6. The van der Waals surface area contributed by atoms with E-state index in [9.17, 15) is 45.4 Å². The standard InChI is InChI=1S/C23H14N4O9/c28-19-9-13(7-17(22(19)31)26(33)34)15-5-11(1-3-24-15)21(30)12-2-4-25-16(6-12)14-8-18(27(35)36)23(32)20(29)10-14/h1-10,28-29,31-32H. The van der Waals surface area contributed by atoms with E-state index in [1.807, 2.05) is 0 Å². The molecular weight excluding hydrogens is 476 g/mol. The van der Waals surface area contributed by atoms with E-state index >= 15 is 0 Å². The molecule has 0 atom stereocenters. The van der Waals surface area contributed by atoms with Gasteiger partial charge in [0.15, 0.2) is 17.3 Å². The van der Waals surface area contributed by atoms with Crippen molar-refractivity contribution < 1.29 is 35.1 Å². The third-order valence-corrected chi connectivity index (χ3v) is 5.17. The molecule has 2 heterocycles. The fourth-order valence-electron chi connectivity index (χ4n) is 3.41. The molecule has 4 aromatic rings. The van der Waals surface area contributed by atoms with Gasteiger partial charge in [0.05, 0.1) is 21.2 Å². The van der Waals surface area contributed by atoms with Crippen molar-refractivity contribution in [3.8, 4) is 45.5 Å². The van der Waals surface area contributed by atoms with Gasteiger partial charge in [-0.3, -0.25) is 35.0 Å². The highest BCUT2D eigenvalue weighted by Crippen LogP contribution is 2.40. The molecule has 0 unspecified atom stereocenters. The van der Waals surface area contributed by atoms with Crippen LogP contribution in [0.25, 0.3) is 22.5 Å². The highest BCUT2D eigenvalue weighted by molar-refractivity contribution is 6.09. The van der Waals surface area contributed by atoms with Gasteiger partial charge in [-0.1, -0.05) is 0 Å². The Hall–Kier alpha value is -5.59. The second kappa shape index (κ2) is 8.98. The minimum Gasteiger partial charge on any atom is -0.504 e. The number of nitrogens with zero attached hydrogens (tertiary/aromatic N) is 4.